The number of carbonyl (C=O) groups is 9. The molecule has 16 N–H and O–H groups in total. The minimum absolute atomic E-state index is 0.0126. The Morgan fingerprint density at radius 1 is 0.733 bits per heavy atom. The van der Waals surface area contributed by atoms with Crippen LogP contribution >= 0.6 is 11.8 Å². The van der Waals surface area contributed by atoms with Gasteiger partial charge in [0.25, 0.3) is 15.9 Å². The quantitative estimate of drug-likeness (QED) is 0.00850. The Hall–Kier alpha value is -10.4. The van der Waals surface area contributed by atoms with Gasteiger partial charge in [-0.15, -0.1) is 0 Å². The van der Waals surface area contributed by atoms with Crippen LogP contribution in [-0.4, -0.2) is 210 Å². The fourth-order valence-corrected chi connectivity index (χ4v) is 16.4. The van der Waals surface area contributed by atoms with Crippen molar-refractivity contribution in [2.24, 2.45) is 16.6 Å². The largest absolute Gasteiger partial charge is 0.487 e. The molecule has 2 aliphatic rings. The van der Waals surface area contributed by atoms with Gasteiger partial charge < -0.3 is 78.4 Å². The van der Waals surface area contributed by atoms with Crippen molar-refractivity contribution in [1.29, 1.82) is 0 Å². The number of aliphatic hydroxyl groups excluding tert-OH is 2. The zero-order chi connectivity index (χ0) is 85.4. The van der Waals surface area contributed by atoms with E-state index in [-0.39, 0.29) is 54.1 Å². The third-order valence-electron chi connectivity index (χ3n) is 19.7. The first kappa shape index (κ1) is 91.1. The van der Waals surface area contributed by atoms with Crippen molar-refractivity contribution < 1.29 is 88.6 Å². The molecule has 1 fully saturated rings. The standard InChI is InChI=1S/C77H105N17O19S3/c1-14-42(2)58(72(105)92-116(108,109)110-38-55-61(98)62(99)73(111-55)94-40-84-60-65(78)82-39-83-66(60)94)89-67(100)46(6)86-70(103)54(35-56(96)91-77(48-25-18-15-19-26-48,49-27-20-16-21-28-49)50-29-22-17-23-30-50)87-57(97)37-81-71(104)59(47(7)112-75(8,9)10)90-69(102)53(88-68(101)52(85-41-95)32-34-114-13)31-24-33-80-74(79)93-115(106,107)64-44(4)43(3)63-51(45(64)5)36-76(11,12)113-63/h15-23,25-30,39-42,46-47,52-55,58-59,61-62,73,98-99H,14,24,31-38H2,1-13H3,(H,81,104)(H,85,95)(H,86,103)(H,87,97)(H,88,101)(H,89,100)(H,90,102)(H,91,96)(H,92,105)(H2,78,82,83)(H3,79,80,93)/t42-,46-,47+,52-,53-,54-,55+,58-,59-,61+,62+,73+/m0/s1. The highest BCUT2D eigenvalue weighted by Crippen LogP contribution is 2.44. The van der Waals surface area contributed by atoms with Gasteiger partial charge in [-0.25, -0.2) is 32.8 Å². The molecule has 0 bridgehead atoms. The van der Waals surface area contributed by atoms with E-state index in [1.54, 1.807) is 150 Å². The maximum absolute atomic E-state index is 15.1. The summed E-state index contributed by atoms with van der Waals surface area (Å²) in [5, 5.41) is 42.7. The van der Waals surface area contributed by atoms with Gasteiger partial charge in [-0.1, -0.05) is 111 Å². The molecule has 2 aromatic heterocycles. The molecule has 4 aromatic carbocycles. The van der Waals surface area contributed by atoms with E-state index >= 15 is 4.79 Å². The molecule has 12 atom stereocenters. The zero-order valence-electron chi connectivity index (χ0n) is 66.8. The number of anilines is 1. The van der Waals surface area contributed by atoms with Gasteiger partial charge in [0, 0.05) is 18.5 Å². The summed E-state index contributed by atoms with van der Waals surface area (Å²) < 4.78 is 83.6. The van der Waals surface area contributed by atoms with Gasteiger partial charge in [-0.05, 0) is 140 Å². The number of hydrogen-bond acceptors (Lipinski definition) is 25. The number of benzene rings is 4. The first-order valence-corrected chi connectivity index (χ1v) is 41.9. The Balaban J connectivity index is 1.01. The Labute approximate surface area is 677 Å². The van der Waals surface area contributed by atoms with Crippen molar-refractivity contribution >= 4 is 109 Å². The summed E-state index contributed by atoms with van der Waals surface area (Å²) in [6.45, 7) is 17.7. The van der Waals surface area contributed by atoms with Crippen LogP contribution in [0.1, 0.15) is 140 Å². The van der Waals surface area contributed by atoms with Crippen LogP contribution in [0.25, 0.3) is 11.2 Å². The van der Waals surface area contributed by atoms with Crippen molar-refractivity contribution in [2.45, 2.75) is 210 Å². The minimum atomic E-state index is -5.08. The third kappa shape index (κ3) is 23.0. The predicted molar refractivity (Wildman–Crippen MR) is 430 cm³/mol. The van der Waals surface area contributed by atoms with Crippen LogP contribution in [0.4, 0.5) is 5.82 Å². The summed E-state index contributed by atoms with van der Waals surface area (Å²) >= 11 is 1.39. The molecule has 39 heteroatoms. The molecule has 0 radical (unpaired) electrons. The maximum Gasteiger partial charge on any atom is 0.362 e. The van der Waals surface area contributed by atoms with Crippen molar-refractivity contribution in [3.05, 3.63) is 143 Å². The van der Waals surface area contributed by atoms with E-state index in [0.717, 1.165) is 11.9 Å². The molecule has 2 aliphatic heterocycles. The molecule has 8 rings (SSSR count). The molecular weight excluding hydrogens is 1560 g/mol. The fourth-order valence-electron chi connectivity index (χ4n) is 13.6. The number of guanidine groups is 1. The predicted octanol–water partition coefficient (Wildman–Crippen LogP) is 1.29. The molecule has 9 amide bonds. The van der Waals surface area contributed by atoms with Gasteiger partial charge in [0.1, 0.15) is 83.3 Å². The molecular formula is C77H105N17O19S3. The van der Waals surface area contributed by atoms with Crippen LogP contribution in [0.3, 0.4) is 0 Å². The number of nitrogen functional groups attached to an aromatic ring is 1. The van der Waals surface area contributed by atoms with Gasteiger partial charge >= 0.3 is 10.3 Å². The zero-order valence-corrected chi connectivity index (χ0v) is 69.3. The van der Waals surface area contributed by atoms with E-state index in [1.165, 1.54) is 43.4 Å². The summed E-state index contributed by atoms with van der Waals surface area (Å²) in [5.74, 6) is -8.41. The van der Waals surface area contributed by atoms with Crippen molar-refractivity contribution in [3.8, 4) is 5.75 Å². The average molecular weight is 1670 g/mol. The van der Waals surface area contributed by atoms with Crippen molar-refractivity contribution in [2.75, 3.05) is 37.4 Å². The van der Waals surface area contributed by atoms with Crippen LogP contribution in [0.5, 0.6) is 5.75 Å². The lowest BCUT2D eigenvalue weighted by Crippen LogP contribution is -2.60. The normalized spacial score (nSPS) is 18.2. The monoisotopic (exact) mass is 1670 g/mol. The SMILES string of the molecule is CC[C@H](C)[C@H](NC(=O)[C@H](C)NC(=O)[C@H](CC(=O)NC(c1ccccc1)(c1ccccc1)c1ccccc1)NC(=O)CNC(=O)[C@@H](NC(=O)[C@H](CCCN=C(N)NS(=O)(=O)c1c(C)c(C)c2c(c1C)CC(C)(C)O2)NC(=O)[C@H](CCSC)NC=O)[C@@H](C)OC(C)(C)C)C(=O)NS(=O)(=O)OC[C@H]1O[C@@H](n2cnc3c(N)ncnc32)[C@H](O)[C@@H]1O. The number of ether oxygens (including phenoxy) is 3. The molecule has 0 saturated carbocycles. The van der Waals surface area contributed by atoms with Crippen molar-refractivity contribution in [3.63, 3.8) is 0 Å². The van der Waals surface area contributed by atoms with Crippen molar-refractivity contribution in [1.82, 2.24) is 71.5 Å². The van der Waals surface area contributed by atoms with E-state index in [4.69, 9.17) is 29.9 Å². The Kier molecular flexibility index (Phi) is 31.0. The summed E-state index contributed by atoms with van der Waals surface area (Å²) in [6.07, 6.45) is -3.30. The smallest absolute Gasteiger partial charge is 0.362 e. The summed E-state index contributed by atoms with van der Waals surface area (Å²) in [6, 6.07) is 17.3. The molecule has 6 aromatic rings. The van der Waals surface area contributed by atoms with E-state index in [9.17, 15) is 65.4 Å². The van der Waals surface area contributed by atoms with Crippen LogP contribution < -0.4 is 68.2 Å². The van der Waals surface area contributed by atoms with Crippen LogP contribution in [0, 0.1) is 26.7 Å². The Bertz CT molecular complexity index is 4690. The lowest BCUT2D eigenvalue weighted by atomic mass is 9.77. The average Bonchev–Trinajstić information content (AvgIpc) is 1.04. The maximum atomic E-state index is 15.1. The Morgan fingerprint density at radius 3 is 1.91 bits per heavy atom. The molecule has 630 valence electrons. The number of nitrogens with two attached hydrogens (primary N) is 2. The number of amides is 9. The number of fused-ring (bicyclic) bond motifs is 2. The molecule has 0 spiro atoms. The second-order valence-corrected chi connectivity index (χ2v) is 34.0. The molecule has 116 heavy (non-hydrogen) atoms. The van der Waals surface area contributed by atoms with E-state index < -0.39 is 183 Å². The molecule has 1 saturated heterocycles. The first-order valence-electron chi connectivity index (χ1n) is 37.6. The number of rotatable bonds is 39. The summed E-state index contributed by atoms with van der Waals surface area (Å²) in [7, 11) is -9.40. The second kappa shape index (κ2) is 39.5. The van der Waals surface area contributed by atoms with Crippen LogP contribution in [-0.2, 0) is 89.1 Å². The number of aromatic nitrogens is 4. The number of aliphatic imine (C=N–C) groups is 1. The van der Waals surface area contributed by atoms with E-state index in [0.29, 0.717) is 57.7 Å². The van der Waals surface area contributed by atoms with E-state index in [1.807, 2.05) is 13.8 Å². The second-order valence-electron chi connectivity index (χ2n) is 30.0. The van der Waals surface area contributed by atoms with Gasteiger partial charge in [-0.3, -0.25) is 56.9 Å². The lowest BCUT2D eigenvalue weighted by Gasteiger charge is -2.37. The number of imidazole rings is 1. The molecule has 4 heterocycles. The van der Waals surface area contributed by atoms with Gasteiger partial charge in [0.2, 0.25) is 53.7 Å². The molecule has 0 aliphatic carbocycles. The highest BCUT2D eigenvalue weighted by Gasteiger charge is 2.47. The van der Waals surface area contributed by atoms with Gasteiger partial charge in [0.05, 0.1) is 42.5 Å². The van der Waals surface area contributed by atoms with Crippen LogP contribution in [0.2, 0.25) is 0 Å². The van der Waals surface area contributed by atoms with Gasteiger partial charge in [0.15, 0.2) is 17.7 Å². The number of nitrogens with zero attached hydrogens (tertiary/aromatic N) is 5. The molecule has 0 unspecified atom stereocenters. The number of nitrogens with one attached hydrogen (secondary N) is 10. The summed E-state index contributed by atoms with van der Waals surface area (Å²) in [4.78, 5) is 144. The Morgan fingerprint density at radius 2 is 1.33 bits per heavy atom. The number of hydrogen-bond donors (Lipinski definition) is 14. The highest BCUT2D eigenvalue weighted by molar-refractivity contribution is 7.98. The minimum Gasteiger partial charge on any atom is -0.487 e. The highest BCUT2D eigenvalue weighted by atomic mass is 32.2. The topological polar surface area (TPSA) is 528 Å². The third-order valence-corrected chi connectivity index (χ3v) is 22.9. The summed E-state index contributed by atoms with van der Waals surface area (Å²) in [5.41, 5.74) is 13.5. The van der Waals surface area contributed by atoms with Crippen LogP contribution in [0.15, 0.2) is 114 Å². The van der Waals surface area contributed by atoms with Gasteiger partial charge in [-0.2, -0.15) is 20.2 Å². The fraction of sp³-hybridized carbons (Fsp3) is 0.494. The first-order chi connectivity index (χ1) is 54.7. The van der Waals surface area contributed by atoms with E-state index in [2.05, 4.69) is 67.2 Å². The lowest BCUT2D eigenvalue weighted by molar-refractivity contribution is -0.139. The number of aliphatic hydroxyl groups is 2. The molecule has 36 nitrogen and oxygen atoms in total. The number of sulfonamides is 1. The number of thioether (sulfide) groups is 1. The number of carbonyl (C=O) groups excluding carboxylic acids is 9.